The normalized spacial score (nSPS) is 11.6. The second-order valence-electron chi connectivity index (χ2n) is 4.24. The summed E-state index contributed by atoms with van der Waals surface area (Å²) in [5, 5.41) is 12.0. The van der Waals surface area contributed by atoms with Gasteiger partial charge in [0.1, 0.15) is 11.1 Å². The van der Waals surface area contributed by atoms with Crippen LogP contribution in [0.25, 0.3) is 11.1 Å². The highest BCUT2D eigenvalue weighted by atomic mass is 16.3. The van der Waals surface area contributed by atoms with Crippen LogP contribution in [0.2, 0.25) is 0 Å². The van der Waals surface area contributed by atoms with E-state index in [2.05, 4.69) is 16.4 Å². The first-order valence-electron chi connectivity index (χ1n) is 5.09. The van der Waals surface area contributed by atoms with Crippen molar-refractivity contribution in [2.45, 2.75) is 25.9 Å². The van der Waals surface area contributed by atoms with E-state index in [9.17, 15) is 0 Å². The van der Waals surface area contributed by atoms with Gasteiger partial charge in [-0.25, -0.2) is 4.98 Å². The van der Waals surface area contributed by atoms with Gasteiger partial charge in [-0.2, -0.15) is 5.26 Å². The van der Waals surface area contributed by atoms with Gasteiger partial charge in [0.15, 0.2) is 12.0 Å². The van der Waals surface area contributed by atoms with Gasteiger partial charge in [0, 0.05) is 6.54 Å². The minimum absolute atomic E-state index is 0.517. The molecule has 2 aromatic rings. The predicted molar refractivity (Wildman–Crippen MR) is 60.5 cm³/mol. The summed E-state index contributed by atoms with van der Waals surface area (Å²) in [7, 11) is 0. The highest BCUT2D eigenvalue weighted by Gasteiger charge is 2.14. The van der Waals surface area contributed by atoms with Gasteiger partial charge in [-0.05, 0) is 31.5 Å². The summed E-state index contributed by atoms with van der Waals surface area (Å²) in [5.41, 5.74) is 2.18. The van der Waals surface area contributed by atoms with Crippen molar-refractivity contribution < 1.29 is 4.42 Å². The molecule has 0 bridgehead atoms. The van der Waals surface area contributed by atoms with E-state index in [4.69, 9.17) is 9.68 Å². The van der Waals surface area contributed by atoms with E-state index in [1.165, 1.54) is 6.39 Å². The minimum atomic E-state index is -0.517. The van der Waals surface area contributed by atoms with Crippen molar-refractivity contribution in [2.75, 3.05) is 0 Å². The summed E-state index contributed by atoms with van der Waals surface area (Å²) >= 11 is 0. The Morgan fingerprint density at radius 1 is 1.50 bits per heavy atom. The smallest absolute Gasteiger partial charge is 0.181 e. The predicted octanol–water partition coefficient (Wildman–Crippen LogP) is 2.22. The van der Waals surface area contributed by atoms with Crippen LogP contribution >= 0.6 is 0 Å². The number of aromatic nitrogens is 1. The second-order valence-corrected chi connectivity index (χ2v) is 4.24. The fourth-order valence-electron chi connectivity index (χ4n) is 1.37. The maximum atomic E-state index is 8.87. The molecule has 4 nitrogen and oxygen atoms in total. The van der Waals surface area contributed by atoms with E-state index in [-0.39, 0.29) is 0 Å². The zero-order chi connectivity index (χ0) is 11.6. The first-order chi connectivity index (χ1) is 7.61. The van der Waals surface area contributed by atoms with Gasteiger partial charge in [-0.1, -0.05) is 6.07 Å². The Hall–Kier alpha value is -1.86. The molecule has 16 heavy (non-hydrogen) atoms. The molecular weight excluding hydrogens is 202 g/mol. The number of hydrogen-bond donors (Lipinski definition) is 1. The Balaban J connectivity index is 2.13. The molecule has 1 aromatic carbocycles. The van der Waals surface area contributed by atoms with Crippen molar-refractivity contribution in [1.82, 2.24) is 10.3 Å². The molecule has 0 aliphatic rings. The summed E-state index contributed by atoms with van der Waals surface area (Å²) in [6.45, 7) is 4.33. The van der Waals surface area contributed by atoms with E-state index >= 15 is 0 Å². The first kappa shape index (κ1) is 10.7. The number of nitrogens with zero attached hydrogens (tertiary/aromatic N) is 2. The standard InChI is InChI=1S/C12H13N3O/c1-12(2,7-13)15-6-9-3-4-10-11(5-9)16-8-14-10/h3-5,8,15H,6H2,1-2H3. The molecule has 0 aliphatic heterocycles. The molecule has 0 atom stereocenters. The summed E-state index contributed by atoms with van der Waals surface area (Å²) in [6.07, 6.45) is 1.43. The Morgan fingerprint density at radius 2 is 2.31 bits per heavy atom. The van der Waals surface area contributed by atoms with E-state index in [1.54, 1.807) is 0 Å². The third-order valence-electron chi connectivity index (χ3n) is 2.41. The maximum Gasteiger partial charge on any atom is 0.181 e. The Morgan fingerprint density at radius 3 is 3.06 bits per heavy atom. The van der Waals surface area contributed by atoms with Crippen molar-refractivity contribution in [1.29, 1.82) is 5.26 Å². The third kappa shape index (κ3) is 2.20. The van der Waals surface area contributed by atoms with E-state index in [1.807, 2.05) is 32.0 Å². The molecule has 0 saturated carbocycles. The maximum absolute atomic E-state index is 8.87. The lowest BCUT2D eigenvalue weighted by atomic mass is 10.1. The summed E-state index contributed by atoms with van der Waals surface area (Å²) in [6, 6.07) is 8.02. The number of rotatable bonds is 3. The molecule has 82 valence electrons. The lowest BCUT2D eigenvalue weighted by Crippen LogP contribution is -2.36. The van der Waals surface area contributed by atoms with Gasteiger partial charge in [0.25, 0.3) is 0 Å². The summed E-state index contributed by atoms with van der Waals surface area (Å²) in [5.74, 6) is 0. The highest BCUT2D eigenvalue weighted by molar-refractivity contribution is 5.72. The van der Waals surface area contributed by atoms with Crippen molar-refractivity contribution >= 4 is 11.1 Å². The molecule has 0 aliphatic carbocycles. The number of fused-ring (bicyclic) bond motifs is 1. The number of oxazole rings is 1. The van der Waals surface area contributed by atoms with Gasteiger partial charge >= 0.3 is 0 Å². The molecule has 4 heteroatoms. The van der Waals surface area contributed by atoms with Crippen LogP contribution in [0.3, 0.4) is 0 Å². The zero-order valence-corrected chi connectivity index (χ0v) is 9.32. The van der Waals surface area contributed by atoms with Crippen LogP contribution < -0.4 is 5.32 Å². The first-order valence-corrected chi connectivity index (χ1v) is 5.09. The number of hydrogen-bond acceptors (Lipinski definition) is 4. The fourth-order valence-corrected chi connectivity index (χ4v) is 1.37. The van der Waals surface area contributed by atoms with Crippen LogP contribution in [-0.2, 0) is 6.54 Å². The van der Waals surface area contributed by atoms with Crippen LogP contribution in [0.15, 0.2) is 29.0 Å². The quantitative estimate of drug-likeness (QED) is 0.852. The average Bonchev–Trinajstić information content (AvgIpc) is 2.73. The van der Waals surface area contributed by atoms with Crippen molar-refractivity contribution in [2.24, 2.45) is 0 Å². The topological polar surface area (TPSA) is 61.9 Å². The van der Waals surface area contributed by atoms with Crippen LogP contribution in [0.1, 0.15) is 19.4 Å². The largest absolute Gasteiger partial charge is 0.443 e. The monoisotopic (exact) mass is 215 g/mol. The average molecular weight is 215 g/mol. The Labute approximate surface area is 93.9 Å². The van der Waals surface area contributed by atoms with E-state index in [0.29, 0.717) is 6.54 Å². The van der Waals surface area contributed by atoms with Crippen molar-refractivity contribution in [3.05, 3.63) is 30.2 Å². The molecule has 1 heterocycles. The minimum Gasteiger partial charge on any atom is -0.443 e. The third-order valence-corrected chi connectivity index (χ3v) is 2.41. The lowest BCUT2D eigenvalue weighted by Gasteiger charge is -2.17. The molecule has 1 N–H and O–H groups in total. The van der Waals surface area contributed by atoms with Gasteiger partial charge in [-0.3, -0.25) is 5.32 Å². The van der Waals surface area contributed by atoms with Crippen LogP contribution in [-0.4, -0.2) is 10.5 Å². The zero-order valence-electron chi connectivity index (χ0n) is 9.32. The fraction of sp³-hybridized carbons (Fsp3) is 0.333. The summed E-state index contributed by atoms with van der Waals surface area (Å²) < 4.78 is 5.21. The van der Waals surface area contributed by atoms with Gasteiger partial charge in [0.2, 0.25) is 0 Å². The van der Waals surface area contributed by atoms with E-state index < -0.39 is 5.54 Å². The highest BCUT2D eigenvalue weighted by Crippen LogP contribution is 2.14. The number of nitrogens with one attached hydrogen (secondary N) is 1. The molecule has 0 radical (unpaired) electrons. The number of nitriles is 1. The molecular formula is C12H13N3O. The van der Waals surface area contributed by atoms with Crippen LogP contribution in [0, 0.1) is 11.3 Å². The van der Waals surface area contributed by atoms with Crippen molar-refractivity contribution in [3.8, 4) is 6.07 Å². The lowest BCUT2D eigenvalue weighted by molar-refractivity contribution is 0.485. The molecule has 0 spiro atoms. The van der Waals surface area contributed by atoms with Crippen molar-refractivity contribution in [3.63, 3.8) is 0 Å². The molecule has 2 rings (SSSR count). The molecule has 1 aromatic heterocycles. The molecule has 0 saturated heterocycles. The molecule has 0 amide bonds. The van der Waals surface area contributed by atoms with Crippen LogP contribution in [0.4, 0.5) is 0 Å². The summed E-state index contributed by atoms with van der Waals surface area (Å²) in [4.78, 5) is 4.05. The second kappa shape index (κ2) is 3.95. The van der Waals surface area contributed by atoms with Crippen LogP contribution in [0.5, 0.6) is 0 Å². The molecule has 0 unspecified atom stereocenters. The van der Waals surface area contributed by atoms with Gasteiger partial charge < -0.3 is 4.42 Å². The van der Waals surface area contributed by atoms with Gasteiger partial charge in [0.05, 0.1) is 6.07 Å². The number of benzene rings is 1. The Bertz CT molecular complexity index is 536. The van der Waals surface area contributed by atoms with Gasteiger partial charge in [-0.15, -0.1) is 0 Å². The Kier molecular flexibility index (Phi) is 2.63. The van der Waals surface area contributed by atoms with E-state index in [0.717, 1.165) is 16.7 Å². The molecule has 0 fully saturated rings. The SMILES string of the molecule is CC(C)(C#N)NCc1ccc2ncoc2c1.